The molecular weight excluding hydrogens is 314 g/mol. The van der Waals surface area contributed by atoms with E-state index in [2.05, 4.69) is 34.1 Å². The molecule has 2 aromatic rings. The Labute approximate surface area is 149 Å². The van der Waals surface area contributed by atoms with E-state index < -0.39 is 0 Å². The predicted octanol–water partition coefficient (Wildman–Crippen LogP) is 2.36. The SMILES string of the molecule is Cc1ccc(CN(C)C(=O)CN2CCN(Cc3ccccc3)CC2)o1. The van der Waals surface area contributed by atoms with E-state index in [9.17, 15) is 4.79 Å². The molecule has 2 heterocycles. The van der Waals surface area contributed by atoms with Crippen LogP contribution in [0, 0.1) is 6.92 Å². The van der Waals surface area contributed by atoms with Gasteiger partial charge < -0.3 is 9.32 Å². The second kappa shape index (κ2) is 8.32. The van der Waals surface area contributed by atoms with Crippen molar-refractivity contribution >= 4 is 5.91 Å². The number of amides is 1. The summed E-state index contributed by atoms with van der Waals surface area (Å²) in [7, 11) is 1.84. The summed E-state index contributed by atoms with van der Waals surface area (Å²) in [5.74, 6) is 1.86. The molecule has 0 atom stereocenters. The van der Waals surface area contributed by atoms with Crippen molar-refractivity contribution in [2.75, 3.05) is 39.8 Å². The van der Waals surface area contributed by atoms with E-state index in [0.717, 1.165) is 44.2 Å². The quantitative estimate of drug-likeness (QED) is 0.809. The normalized spacial score (nSPS) is 16.1. The standard InChI is InChI=1S/C20H27N3O2/c1-17-8-9-19(25-17)15-21(2)20(24)16-23-12-10-22(11-13-23)14-18-6-4-3-5-7-18/h3-9H,10-16H2,1-2H3. The molecule has 0 N–H and O–H groups in total. The van der Waals surface area contributed by atoms with Crippen LogP contribution in [0.4, 0.5) is 0 Å². The minimum absolute atomic E-state index is 0.144. The molecule has 5 heteroatoms. The summed E-state index contributed by atoms with van der Waals surface area (Å²) >= 11 is 0. The number of nitrogens with zero attached hydrogens (tertiary/aromatic N) is 3. The number of furan rings is 1. The molecule has 3 rings (SSSR count). The van der Waals surface area contributed by atoms with E-state index in [1.807, 2.05) is 32.2 Å². The van der Waals surface area contributed by atoms with Crippen molar-refractivity contribution in [2.45, 2.75) is 20.0 Å². The number of piperazine rings is 1. The molecule has 0 radical (unpaired) electrons. The van der Waals surface area contributed by atoms with Crippen LogP contribution in [0.2, 0.25) is 0 Å². The monoisotopic (exact) mass is 341 g/mol. The molecule has 0 bridgehead atoms. The number of benzene rings is 1. The van der Waals surface area contributed by atoms with Crippen molar-refractivity contribution in [3.05, 3.63) is 59.5 Å². The number of hydrogen-bond donors (Lipinski definition) is 0. The molecule has 0 saturated carbocycles. The van der Waals surface area contributed by atoms with Crippen LogP contribution in [0.1, 0.15) is 17.1 Å². The average Bonchev–Trinajstić information content (AvgIpc) is 3.02. The van der Waals surface area contributed by atoms with Gasteiger partial charge in [-0.25, -0.2) is 0 Å². The fraction of sp³-hybridized carbons (Fsp3) is 0.450. The van der Waals surface area contributed by atoms with Gasteiger partial charge in [-0.1, -0.05) is 30.3 Å². The van der Waals surface area contributed by atoms with Crippen molar-refractivity contribution in [3.8, 4) is 0 Å². The van der Waals surface area contributed by atoms with Gasteiger partial charge in [-0.3, -0.25) is 14.6 Å². The van der Waals surface area contributed by atoms with Crippen LogP contribution in [0.15, 0.2) is 46.9 Å². The van der Waals surface area contributed by atoms with Crippen LogP contribution in [0.3, 0.4) is 0 Å². The van der Waals surface area contributed by atoms with Gasteiger partial charge in [0.05, 0.1) is 13.1 Å². The molecule has 0 unspecified atom stereocenters. The molecule has 1 aliphatic heterocycles. The third kappa shape index (κ3) is 5.18. The first-order valence-corrected chi connectivity index (χ1v) is 8.88. The number of carbonyl (C=O) groups is 1. The predicted molar refractivity (Wildman–Crippen MR) is 98.1 cm³/mol. The van der Waals surface area contributed by atoms with Crippen molar-refractivity contribution < 1.29 is 9.21 Å². The highest BCUT2D eigenvalue weighted by atomic mass is 16.3. The van der Waals surface area contributed by atoms with Crippen molar-refractivity contribution in [2.24, 2.45) is 0 Å². The second-order valence-corrected chi connectivity index (χ2v) is 6.80. The Bertz CT molecular complexity index is 675. The molecule has 1 saturated heterocycles. The molecule has 134 valence electrons. The van der Waals surface area contributed by atoms with Gasteiger partial charge in [-0.15, -0.1) is 0 Å². The van der Waals surface area contributed by atoms with E-state index in [-0.39, 0.29) is 5.91 Å². The van der Waals surface area contributed by atoms with Gasteiger partial charge in [0, 0.05) is 39.8 Å². The van der Waals surface area contributed by atoms with Crippen molar-refractivity contribution in [3.63, 3.8) is 0 Å². The number of likely N-dealkylation sites (N-methyl/N-ethyl adjacent to an activating group) is 1. The highest BCUT2D eigenvalue weighted by Gasteiger charge is 2.21. The highest BCUT2D eigenvalue weighted by Crippen LogP contribution is 2.11. The average molecular weight is 341 g/mol. The summed E-state index contributed by atoms with van der Waals surface area (Å²) in [6, 6.07) is 14.4. The molecule has 25 heavy (non-hydrogen) atoms. The zero-order valence-electron chi connectivity index (χ0n) is 15.1. The van der Waals surface area contributed by atoms with Crippen LogP contribution < -0.4 is 0 Å². The second-order valence-electron chi connectivity index (χ2n) is 6.80. The van der Waals surface area contributed by atoms with Gasteiger partial charge in [0.1, 0.15) is 11.5 Å². The van der Waals surface area contributed by atoms with Crippen LogP contribution in [0.5, 0.6) is 0 Å². The lowest BCUT2D eigenvalue weighted by Crippen LogP contribution is -2.49. The Morgan fingerprint density at radius 1 is 1.04 bits per heavy atom. The smallest absolute Gasteiger partial charge is 0.236 e. The van der Waals surface area contributed by atoms with Gasteiger partial charge in [0.2, 0.25) is 5.91 Å². The first kappa shape index (κ1) is 17.7. The number of carbonyl (C=O) groups excluding carboxylic acids is 1. The fourth-order valence-corrected chi connectivity index (χ4v) is 3.15. The summed E-state index contributed by atoms with van der Waals surface area (Å²) in [5.41, 5.74) is 1.35. The van der Waals surface area contributed by atoms with E-state index in [1.54, 1.807) is 4.90 Å². The lowest BCUT2D eigenvalue weighted by molar-refractivity contribution is -0.132. The maximum Gasteiger partial charge on any atom is 0.236 e. The van der Waals surface area contributed by atoms with Gasteiger partial charge in [-0.05, 0) is 24.6 Å². The summed E-state index contributed by atoms with van der Waals surface area (Å²) in [5, 5.41) is 0. The zero-order chi connectivity index (χ0) is 17.6. The lowest BCUT2D eigenvalue weighted by atomic mass is 10.2. The number of hydrogen-bond acceptors (Lipinski definition) is 4. The number of aryl methyl sites for hydroxylation is 1. The van der Waals surface area contributed by atoms with Gasteiger partial charge in [0.15, 0.2) is 0 Å². The minimum Gasteiger partial charge on any atom is -0.464 e. The Morgan fingerprint density at radius 3 is 2.36 bits per heavy atom. The Hall–Kier alpha value is -2.11. The van der Waals surface area contributed by atoms with Gasteiger partial charge in [0.25, 0.3) is 0 Å². The van der Waals surface area contributed by atoms with Crippen LogP contribution in [-0.4, -0.2) is 60.4 Å². The first-order chi connectivity index (χ1) is 12.1. The third-order valence-corrected chi connectivity index (χ3v) is 4.69. The van der Waals surface area contributed by atoms with E-state index in [1.165, 1.54) is 5.56 Å². The maximum atomic E-state index is 12.4. The minimum atomic E-state index is 0.144. The highest BCUT2D eigenvalue weighted by molar-refractivity contribution is 5.77. The van der Waals surface area contributed by atoms with Crippen molar-refractivity contribution in [1.29, 1.82) is 0 Å². The molecule has 5 nitrogen and oxygen atoms in total. The van der Waals surface area contributed by atoms with Gasteiger partial charge in [-0.2, -0.15) is 0 Å². The van der Waals surface area contributed by atoms with Crippen LogP contribution in [-0.2, 0) is 17.9 Å². The van der Waals surface area contributed by atoms with E-state index in [0.29, 0.717) is 13.1 Å². The Balaban J connectivity index is 1.41. The van der Waals surface area contributed by atoms with Crippen LogP contribution >= 0.6 is 0 Å². The molecule has 1 aromatic heterocycles. The Kier molecular flexibility index (Phi) is 5.89. The first-order valence-electron chi connectivity index (χ1n) is 8.88. The topological polar surface area (TPSA) is 39.9 Å². The molecule has 1 amide bonds. The molecule has 1 aromatic carbocycles. The third-order valence-electron chi connectivity index (χ3n) is 4.69. The lowest BCUT2D eigenvalue weighted by Gasteiger charge is -2.35. The summed E-state index contributed by atoms with van der Waals surface area (Å²) in [4.78, 5) is 18.9. The van der Waals surface area contributed by atoms with E-state index in [4.69, 9.17) is 4.42 Å². The van der Waals surface area contributed by atoms with E-state index >= 15 is 0 Å². The largest absolute Gasteiger partial charge is 0.464 e. The number of rotatable bonds is 6. The summed E-state index contributed by atoms with van der Waals surface area (Å²) in [6.45, 7) is 7.79. The molecular formula is C20H27N3O2. The summed E-state index contributed by atoms with van der Waals surface area (Å²) < 4.78 is 5.55. The molecule has 1 fully saturated rings. The zero-order valence-corrected chi connectivity index (χ0v) is 15.1. The molecule has 0 aliphatic carbocycles. The van der Waals surface area contributed by atoms with Gasteiger partial charge >= 0.3 is 0 Å². The van der Waals surface area contributed by atoms with Crippen LogP contribution in [0.25, 0.3) is 0 Å². The fourth-order valence-electron chi connectivity index (χ4n) is 3.15. The van der Waals surface area contributed by atoms with Crippen molar-refractivity contribution in [1.82, 2.24) is 14.7 Å². The molecule has 1 aliphatic rings. The molecule has 0 spiro atoms. The summed E-state index contributed by atoms with van der Waals surface area (Å²) in [6.07, 6.45) is 0. The Morgan fingerprint density at radius 2 is 1.72 bits per heavy atom. The maximum absolute atomic E-state index is 12.4.